The van der Waals surface area contributed by atoms with E-state index < -0.39 is 0 Å². The lowest BCUT2D eigenvalue weighted by molar-refractivity contribution is -0.127. The van der Waals surface area contributed by atoms with Crippen LogP contribution >= 0.6 is 0 Å². The minimum Gasteiger partial charge on any atom is -0.487 e. The van der Waals surface area contributed by atoms with Gasteiger partial charge in [-0.05, 0) is 36.8 Å². The summed E-state index contributed by atoms with van der Waals surface area (Å²) in [7, 11) is 3.46. The van der Waals surface area contributed by atoms with Gasteiger partial charge in [0.2, 0.25) is 5.91 Å². The number of nitrogens with one attached hydrogen (secondary N) is 2. The van der Waals surface area contributed by atoms with Gasteiger partial charge in [-0.3, -0.25) is 9.78 Å². The van der Waals surface area contributed by atoms with Gasteiger partial charge in [0.1, 0.15) is 12.4 Å². The highest BCUT2D eigenvalue weighted by molar-refractivity contribution is 5.86. The molecule has 0 saturated carbocycles. The van der Waals surface area contributed by atoms with Crippen LogP contribution in [0.5, 0.6) is 5.75 Å². The highest BCUT2D eigenvalue weighted by atomic mass is 16.5. The van der Waals surface area contributed by atoms with E-state index in [9.17, 15) is 4.79 Å². The molecule has 7 heteroatoms. The first-order valence-electron chi connectivity index (χ1n) is 8.92. The number of guanidine groups is 1. The Kier molecular flexibility index (Phi) is 8.09. The molecular weight excluding hydrogens is 342 g/mol. The van der Waals surface area contributed by atoms with E-state index in [4.69, 9.17) is 4.74 Å². The summed E-state index contributed by atoms with van der Waals surface area (Å²) in [5.74, 6) is 1.40. The summed E-state index contributed by atoms with van der Waals surface area (Å²) in [6, 6.07) is 13.5. The van der Waals surface area contributed by atoms with Crippen LogP contribution in [-0.2, 0) is 17.9 Å². The predicted octanol–water partition coefficient (Wildman–Crippen LogP) is 1.80. The van der Waals surface area contributed by atoms with E-state index in [1.807, 2.05) is 49.4 Å². The first-order chi connectivity index (χ1) is 13.1. The molecule has 1 amide bonds. The highest BCUT2D eigenvalue weighted by Gasteiger charge is 2.05. The molecule has 0 aliphatic heterocycles. The van der Waals surface area contributed by atoms with Crippen molar-refractivity contribution < 1.29 is 9.53 Å². The third-order valence-electron chi connectivity index (χ3n) is 3.71. The van der Waals surface area contributed by atoms with Crippen molar-refractivity contribution in [1.82, 2.24) is 20.5 Å². The number of carbonyl (C=O) groups excluding carboxylic acids is 1. The molecule has 0 radical (unpaired) electrons. The third-order valence-corrected chi connectivity index (χ3v) is 3.71. The quantitative estimate of drug-likeness (QED) is 0.548. The Hall–Kier alpha value is -3.09. The van der Waals surface area contributed by atoms with Gasteiger partial charge in [0, 0.05) is 26.8 Å². The summed E-state index contributed by atoms with van der Waals surface area (Å²) in [5, 5.41) is 6.17. The molecule has 0 atom stereocenters. The zero-order valence-corrected chi connectivity index (χ0v) is 16.1. The van der Waals surface area contributed by atoms with Gasteiger partial charge in [-0.15, -0.1) is 0 Å². The third kappa shape index (κ3) is 7.35. The Morgan fingerprint density at radius 3 is 2.56 bits per heavy atom. The van der Waals surface area contributed by atoms with Gasteiger partial charge >= 0.3 is 0 Å². The van der Waals surface area contributed by atoms with E-state index in [0.717, 1.165) is 23.6 Å². The average Bonchev–Trinajstić information content (AvgIpc) is 2.69. The smallest absolute Gasteiger partial charge is 0.241 e. The van der Waals surface area contributed by atoms with E-state index >= 15 is 0 Å². The Balaban J connectivity index is 1.87. The van der Waals surface area contributed by atoms with Gasteiger partial charge in [0.15, 0.2) is 5.96 Å². The molecule has 2 rings (SSSR count). The standard InChI is InChI=1S/C20H27N5O2/c1-4-21-20(24-14-19(26)25(2)3)23-13-16-8-10-18(11-9-16)27-15-17-7-5-6-12-22-17/h5-12H,4,13-15H2,1-3H3,(H2,21,23,24). The lowest BCUT2D eigenvalue weighted by Gasteiger charge is -2.14. The van der Waals surface area contributed by atoms with E-state index in [2.05, 4.69) is 20.6 Å². The average molecular weight is 369 g/mol. The van der Waals surface area contributed by atoms with Gasteiger partial charge in [-0.25, -0.2) is 4.99 Å². The number of aromatic nitrogens is 1. The number of carbonyl (C=O) groups is 1. The zero-order valence-electron chi connectivity index (χ0n) is 16.1. The van der Waals surface area contributed by atoms with Gasteiger partial charge in [0.25, 0.3) is 0 Å². The minimum absolute atomic E-state index is 0.00462. The normalized spacial score (nSPS) is 11.0. The first kappa shape index (κ1) is 20.2. The van der Waals surface area contributed by atoms with Crippen molar-refractivity contribution in [3.63, 3.8) is 0 Å². The van der Waals surface area contributed by atoms with Crippen molar-refractivity contribution >= 4 is 11.9 Å². The number of hydrogen-bond acceptors (Lipinski definition) is 4. The van der Waals surface area contributed by atoms with Crippen molar-refractivity contribution in [2.45, 2.75) is 20.1 Å². The lowest BCUT2D eigenvalue weighted by atomic mass is 10.2. The number of benzene rings is 1. The van der Waals surface area contributed by atoms with Crippen LogP contribution in [0.1, 0.15) is 18.2 Å². The summed E-state index contributed by atoms with van der Waals surface area (Å²) >= 11 is 0. The molecule has 0 saturated heterocycles. The number of ether oxygens (including phenoxy) is 1. The molecule has 0 fully saturated rings. The topological polar surface area (TPSA) is 78.9 Å². The number of pyridine rings is 1. The molecule has 27 heavy (non-hydrogen) atoms. The van der Waals surface area contributed by atoms with Crippen molar-refractivity contribution in [1.29, 1.82) is 0 Å². The van der Waals surface area contributed by atoms with Crippen molar-refractivity contribution in [3.8, 4) is 5.75 Å². The predicted molar refractivity (Wildman–Crippen MR) is 107 cm³/mol. The van der Waals surface area contributed by atoms with Crippen LogP contribution in [0, 0.1) is 0 Å². The monoisotopic (exact) mass is 369 g/mol. The second kappa shape index (κ2) is 10.8. The largest absolute Gasteiger partial charge is 0.487 e. The Morgan fingerprint density at radius 2 is 1.93 bits per heavy atom. The lowest BCUT2D eigenvalue weighted by Crippen LogP contribution is -2.42. The molecule has 1 heterocycles. The van der Waals surface area contributed by atoms with E-state index in [1.54, 1.807) is 25.2 Å². The van der Waals surface area contributed by atoms with E-state index in [0.29, 0.717) is 19.1 Å². The number of nitrogens with zero attached hydrogens (tertiary/aromatic N) is 3. The van der Waals surface area contributed by atoms with Gasteiger partial charge < -0.3 is 20.3 Å². The second-order valence-corrected chi connectivity index (χ2v) is 6.09. The molecule has 1 aromatic carbocycles. The Labute approximate surface area is 160 Å². The molecule has 7 nitrogen and oxygen atoms in total. The summed E-state index contributed by atoms with van der Waals surface area (Å²) < 4.78 is 5.73. The molecular formula is C20H27N5O2. The number of amides is 1. The summed E-state index contributed by atoms with van der Waals surface area (Å²) in [6.07, 6.45) is 1.75. The minimum atomic E-state index is -0.00462. The molecule has 2 aromatic rings. The summed E-state index contributed by atoms with van der Waals surface area (Å²) in [6.45, 7) is 3.86. The fourth-order valence-electron chi connectivity index (χ4n) is 2.16. The molecule has 0 aliphatic carbocycles. The molecule has 2 N–H and O–H groups in total. The van der Waals surface area contributed by atoms with Gasteiger partial charge in [0.05, 0.1) is 18.8 Å². The number of hydrogen-bond donors (Lipinski definition) is 2. The fraction of sp³-hybridized carbons (Fsp3) is 0.350. The Bertz CT molecular complexity index is 730. The SMILES string of the molecule is CCNC(=NCc1ccc(OCc2ccccn2)cc1)NCC(=O)N(C)C. The van der Waals surface area contributed by atoms with Crippen molar-refractivity contribution in [3.05, 3.63) is 59.9 Å². The van der Waals surface area contributed by atoms with Crippen molar-refractivity contribution in [2.24, 2.45) is 4.99 Å². The number of likely N-dealkylation sites (N-methyl/N-ethyl adjacent to an activating group) is 1. The van der Waals surface area contributed by atoms with Crippen molar-refractivity contribution in [2.75, 3.05) is 27.2 Å². The second-order valence-electron chi connectivity index (χ2n) is 6.09. The van der Waals surface area contributed by atoms with Gasteiger partial charge in [-0.2, -0.15) is 0 Å². The summed E-state index contributed by atoms with van der Waals surface area (Å²) in [4.78, 5) is 22.0. The van der Waals surface area contributed by atoms with Crippen LogP contribution < -0.4 is 15.4 Å². The number of aliphatic imine (C=N–C) groups is 1. The molecule has 0 spiro atoms. The molecule has 144 valence electrons. The molecule has 0 bridgehead atoms. The van der Waals surface area contributed by atoms with Gasteiger partial charge in [-0.1, -0.05) is 18.2 Å². The van der Waals surface area contributed by atoms with Crippen LogP contribution in [0.2, 0.25) is 0 Å². The maximum absolute atomic E-state index is 11.7. The maximum Gasteiger partial charge on any atom is 0.241 e. The van der Waals surface area contributed by atoms with Crippen LogP contribution in [0.25, 0.3) is 0 Å². The molecule has 0 aliphatic rings. The van der Waals surface area contributed by atoms with E-state index in [-0.39, 0.29) is 12.5 Å². The van der Waals surface area contributed by atoms with Crippen LogP contribution in [0.4, 0.5) is 0 Å². The number of rotatable bonds is 8. The summed E-state index contributed by atoms with van der Waals surface area (Å²) in [5.41, 5.74) is 1.94. The fourth-order valence-corrected chi connectivity index (χ4v) is 2.16. The molecule has 0 unspecified atom stereocenters. The maximum atomic E-state index is 11.7. The Morgan fingerprint density at radius 1 is 1.15 bits per heavy atom. The zero-order chi connectivity index (χ0) is 19.5. The van der Waals surface area contributed by atoms with Crippen LogP contribution in [0.15, 0.2) is 53.7 Å². The molecule has 1 aromatic heterocycles. The highest BCUT2D eigenvalue weighted by Crippen LogP contribution is 2.14. The van der Waals surface area contributed by atoms with Crippen LogP contribution in [0.3, 0.4) is 0 Å². The van der Waals surface area contributed by atoms with Crippen LogP contribution in [-0.4, -0.2) is 48.9 Å². The first-order valence-corrected chi connectivity index (χ1v) is 8.92. The van der Waals surface area contributed by atoms with E-state index in [1.165, 1.54) is 0 Å².